The Hall–Kier alpha value is -1.98. The lowest BCUT2D eigenvalue weighted by Gasteiger charge is -2.09. The molecule has 4 nitrogen and oxygen atoms in total. The molecule has 3 N–H and O–H groups in total. The maximum absolute atomic E-state index is 11.0. The summed E-state index contributed by atoms with van der Waals surface area (Å²) in [6.07, 6.45) is 0.819. The van der Waals surface area contributed by atoms with E-state index in [1.54, 1.807) is 11.8 Å². The Balaban J connectivity index is 1.82. The normalized spacial score (nSPS) is 10.3. The Bertz CT molecular complexity index is 612. The van der Waals surface area contributed by atoms with E-state index in [-0.39, 0.29) is 12.5 Å². The van der Waals surface area contributed by atoms with Crippen molar-refractivity contribution in [1.82, 2.24) is 0 Å². The Labute approximate surface area is 141 Å². The molecule has 0 bridgehead atoms. The number of thioether (sulfide) groups is 1. The molecule has 0 spiro atoms. The first-order valence-electron chi connectivity index (χ1n) is 7.61. The van der Waals surface area contributed by atoms with Crippen LogP contribution in [0.5, 0.6) is 0 Å². The average Bonchev–Trinajstić information content (AvgIpc) is 2.55. The smallest absolute Gasteiger partial charge is 0.221 e. The summed E-state index contributed by atoms with van der Waals surface area (Å²) in [5.41, 5.74) is 3.04. The fourth-order valence-electron chi connectivity index (χ4n) is 2.04. The van der Waals surface area contributed by atoms with Crippen LogP contribution in [0.15, 0.2) is 53.4 Å². The van der Waals surface area contributed by atoms with Crippen LogP contribution in [-0.4, -0.2) is 23.4 Å². The molecular weight excluding hydrogens is 308 g/mol. The third-order valence-corrected chi connectivity index (χ3v) is 4.29. The predicted octanol–water partition coefficient (Wildman–Crippen LogP) is 3.73. The number of aliphatic hydroxyl groups is 1. The minimum absolute atomic E-state index is 0.0622. The summed E-state index contributed by atoms with van der Waals surface area (Å²) in [5.74, 6) is 0.872. The van der Waals surface area contributed by atoms with Crippen molar-refractivity contribution in [3.63, 3.8) is 0 Å². The van der Waals surface area contributed by atoms with Gasteiger partial charge in [0.1, 0.15) is 0 Å². The van der Waals surface area contributed by atoms with Crippen LogP contribution in [0.4, 0.5) is 11.4 Å². The highest BCUT2D eigenvalue weighted by Crippen LogP contribution is 2.21. The molecule has 0 aliphatic carbocycles. The molecule has 0 saturated carbocycles. The molecule has 0 heterocycles. The number of carbonyl (C=O) groups is 1. The molecule has 0 aliphatic heterocycles. The van der Waals surface area contributed by atoms with Crippen molar-refractivity contribution in [3.8, 4) is 0 Å². The second kappa shape index (κ2) is 9.22. The molecule has 0 unspecified atom stereocenters. The molecule has 2 rings (SSSR count). The van der Waals surface area contributed by atoms with Gasteiger partial charge in [-0.15, -0.1) is 11.8 Å². The molecule has 0 atom stereocenters. The van der Waals surface area contributed by atoms with Crippen LogP contribution in [0.3, 0.4) is 0 Å². The van der Waals surface area contributed by atoms with Crippen molar-refractivity contribution in [2.24, 2.45) is 0 Å². The van der Waals surface area contributed by atoms with Gasteiger partial charge in [-0.25, -0.2) is 0 Å². The van der Waals surface area contributed by atoms with E-state index in [0.717, 1.165) is 35.7 Å². The highest BCUT2D eigenvalue weighted by atomic mass is 32.2. The van der Waals surface area contributed by atoms with E-state index in [1.165, 1.54) is 11.8 Å². The molecule has 5 heteroatoms. The zero-order valence-electron chi connectivity index (χ0n) is 13.2. The van der Waals surface area contributed by atoms with E-state index in [2.05, 4.69) is 34.9 Å². The van der Waals surface area contributed by atoms with Gasteiger partial charge in [-0.05, 0) is 48.4 Å². The monoisotopic (exact) mass is 330 g/mol. The average molecular weight is 330 g/mol. The largest absolute Gasteiger partial charge is 0.396 e. The molecule has 0 aliphatic rings. The van der Waals surface area contributed by atoms with E-state index in [0.29, 0.717) is 0 Å². The number of anilines is 2. The van der Waals surface area contributed by atoms with Crippen LogP contribution in [-0.2, 0) is 11.3 Å². The molecular formula is C18H22N2O2S. The lowest BCUT2D eigenvalue weighted by atomic mass is 10.2. The van der Waals surface area contributed by atoms with Gasteiger partial charge in [0, 0.05) is 42.1 Å². The molecule has 0 aromatic heterocycles. The molecule has 0 fully saturated rings. The minimum atomic E-state index is -0.0622. The first-order chi connectivity index (χ1) is 11.2. The summed E-state index contributed by atoms with van der Waals surface area (Å²) in [6, 6.07) is 16.1. The number of hydrogen-bond acceptors (Lipinski definition) is 4. The molecule has 1 amide bonds. The first kappa shape index (κ1) is 17.4. The Morgan fingerprint density at radius 3 is 2.30 bits per heavy atom. The summed E-state index contributed by atoms with van der Waals surface area (Å²) in [6.45, 7) is 2.48. The number of rotatable bonds is 8. The topological polar surface area (TPSA) is 61.4 Å². The Morgan fingerprint density at radius 2 is 1.70 bits per heavy atom. The number of carbonyl (C=O) groups excluding carboxylic acids is 1. The van der Waals surface area contributed by atoms with E-state index in [1.807, 2.05) is 24.3 Å². The SMILES string of the molecule is CC(=O)Nc1ccc(CNc2ccc(SCCCO)cc2)cc1. The van der Waals surface area contributed by atoms with Crippen molar-refractivity contribution in [1.29, 1.82) is 0 Å². The summed E-state index contributed by atoms with van der Waals surface area (Å²) in [5, 5.41) is 14.9. The van der Waals surface area contributed by atoms with Crippen molar-refractivity contribution in [2.45, 2.75) is 24.8 Å². The van der Waals surface area contributed by atoms with Crippen LogP contribution in [0.25, 0.3) is 0 Å². The highest BCUT2D eigenvalue weighted by molar-refractivity contribution is 7.99. The number of nitrogens with one attached hydrogen (secondary N) is 2. The van der Waals surface area contributed by atoms with Gasteiger partial charge in [-0.2, -0.15) is 0 Å². The molecule has 2 aromatic carbocycles. The maximum atomic E-state index is 11.0. The second-order valence-corrected chi connectivity index (χ2v) is 6.35. The molecule has 0 radical (unpaired) electrons. The Morgan fingerprint density at radius 1 is 1.04 bits per heavy atom. The lowest BCUT2D eigenvalue weighted by Crippen LogP contribution is -2.06. The van der Waals surface area contributed by atoms with Gasteiger partial charge in [0.2, 0.25) is 5.91 Å². The van der Waals surface area contributed by atoms with Gasteiger partial charge in [0.15, 0.2) is 0 Å². The summed E-state index contributed by atoms with van der Waals surface area (Å²) < 4.78 is 0. The van der Waals surface area contributed by atoms with Crippen LogP contribution in [0.1, 0.15) is 18.9 Å². The number of amides is 1. The van der Waals surface area contributed by atoms with E-state index in [4.69, 9.17) is 5.11 Å². The number of hydrogen-bond donors (Lipinski definition) is 3. The van der Waals surface area contributed by atoms with Gasteiger partial charge in [-0.1, -0.05) is 12.1 Å². The third-order valence-electron chi connectivity index (χ3n) is 3.20. The van der Waals surface area contributed by atoms with Crippen molar-refractivity contribution < 1.29 is 9.90 Å². The van der Waals surface area contributed by atoms with Crippen LogP contribution in [0.2, 0.25) is 0 Å². The van der Waals surface area contributed by atoms with E-state index >= 15 is 0 Å². The maximum Gasteiger partial charge on any atom is 0.221 e. The molecule has 122 valence electrons. The van der Waals surface area contributed by atoms with E-state index < -0.39 is 0 Å². The van der Waals surface area contributed by atoms with Gasteiger partial charge < -0.3 is 15.7 Å². The molecule has 2 aromatic rings. The zero-order chi connectivity index (χ0) is 16.5. The van der Waals surface area contributed by atoms with Gasteiger partial charge >= 0.3 is 0 Å². The molecule has 0 saturated heterocycles. The van der Waals surface area contributed by atoms with Crippen molar-refractivity contribution in [2.75, 3.05) is 23.0 Å². The second-order valence-electron chi connectivity index (χ2n) is 5.18. The van der Waals surface area contributed by atoms with Crippen LogP contribution < -0.4 is 10.6 Å². The Kier molecular flexibility index (Phi) is 6.97. The van der Waals surface area contributed by atoms with E-state index in [9.17, 15) is 4.79 Å². The zero-order valence-corrected chi connectivity index (χ0v) is 14.0. The highest BCUT2D eigenvalue weighted by Gasteiger charge is 1.98. The quantitative estimate of drug-likeness (QED) is 0.510. The van der Waals surface area contributed by atoms with Crippen molar-refractivity contribution >= 4 is 29.0 Å². The van der Waals surface area contributed by atoms with Crippen molar-refractivity contribution in [3.05, 3.63) is 54.1 Å². The third kappa shape index (κ3) is 6.34. The first-order valence-corrected chi connectivity index (χ1v) is 8.60. The summed E-state index contributed by atoms with van der Waals surface area (Å²) in [7, 11) is 0. The van der Waals surface area contributed by atoms with Gasteiger partial charge in [0.25, 0.3) is 0 Å². The standard InChI is InChI=1S/C18H22N2O2S/c1-14(22)20-17-5-3-15(4-6-17)13-19-16-7-9-18(10-8-16)23-12-2-11-21/h3-10,19,21H,2,11-13H2,1H3,(H,20,22). The van der Waals surface area contributed by atoms with Gasteiger partial charge in [0.05, 0.1) is 0 Å². The predicted molar refractivity (Wildman–Crippen MR) is 96.9 cm³/mol. The summed E-state index contributed by atoms with van der Waals surface area (Å²) >= 11 is 1.75. The fraction of sp³-hybridized carbons (Fsp3) is 0.278. The van der Waals surface area contributed by atoms with Crippen LogP contribution >= 0.6 is 11.8 Å². The van der Waals surface area contributed by atoms with Gasteiger partial charge in [-0.3, -0.25) is 4.79 Å². The van der Waals surface area contributed by atoms with Crippen LogP contribution in [0, 0.1) is 0 Å². The lowest BCUT2D eigenvalue weighted by molar-refractivity contribution is -0.114. The fourth-order valence-corrected chi connectivity index (χ4v) is 2.87. The minimum Gasteiger partial charge on any atom is -0.396 e. The number of aliphatic hydroxyl groups excluding tert-OH is 1. The number of benzene rings is 2. The summed E-state index contributed by atoms with van der Waals surface area (Å²) in [4.78, 5) is 12.2. The molecule has 23 heavy (non-hydrogen) atoms.